The predicted octanol–water partition coefficient (Wildman–Crippen LogP) is 6.41. The van der Waals surface area contributed by atoms with Crippen molar-refractivity contribution in [2.75, 3.05) is 9.62 Å². The Hall–Kier alpha value is -0.107. The summed E-state index contributed by atoms with van der Waals surface area (Å²) < 4.78 is 0. The average Bonchev–Trinajstić information content (AvgIpc) is 2.68. The van der Waals surface area contributed by atoms with Gasteiger partial charge >= 0.3 is 37.9 Å². The Balaban J connectivity index is 0.00000151. The van der Waals surface area contributed by atoms with Gasteiger partial charge in [-0.15, -0.1) is 24.3 Å². The van der Waals surface area contributed by atoms with Crippen LogP contribution in [0.4, 0.5) is 0 Å². The number of halogens is 2. The van der Waals surface area contributed by atoms with Crippen LogP contribution in [0.2, 0.25) is 0 Å². The first-order valence-electron chi connectivity index (χ1n) is 11.6. The van der Waals surface area contributed by atoms with Crippen molar-refractivity contribution in [3.8, 4) is 0 Å². The molecule has 0 aliphatic carbocycles. The van der Waals surface area contributed by atoms with Gasteiger partial charge in [-0.05, 0) is 105 Å². The van der Waals surface area contributed by atoms with Gasteiger partial charge in [0.25, 0.3) is 0 Å². The van der Waals surface area contributed by atoms with E-state index in [9.17, 15) is 0 Å². The standard InChI is InChI=1S/C24H40B2N2.2ClH.Zr/c1-19(2)27(20(3)4)25-15-11-23(12-16-25)9-10-24-13-17-26(18-14-24)28(21(5)6)22(7)8;;;/h11-22H,9-10H2,1-8H3;2*1H;/q-2;;;+4/p-2. The summed E-state index contributed by atoms with van der Waals surface area (Å²) in [7, 11) is 9.87. The summed E-state index contributed by atoms with van der Waals surface area (Å²) in [6.45, 7) is 19.1. The molecule has 7 heteroatoms. The van der Waals surface area contributed by atoms with Gasteiger partial charge in [0.05, 0.1) is 0 Å². The fourth-order valence-corrected chi connectivity index (χ4v) is 4.72. The third-order valence-electron chi connectivity index (χ3n) is 5.81. The van der Waals surface area contributed by atoms with Crippen LogP contribution in [0, 0.1) is 0 Å². The van der Waals surface area contributed by atoms with E-state index in [1.807, 2.05) is 0 Å². The van der Waals surface area contributed by atoms with Crippen LogP contribution in [0.1, 0.15) is 66.5 Å². The first kappa shape index (κ1) is 28.9. The molecule has 0 atom stereocenters. The van der Waals surface area contributed by atoms with Gasteiger partial charge in [0.2, 0.25) is 0 Å². The molecular weight excluding hydrogens is 500 g/mol. The Morgan fingerprint density at radius 3 is 1.03 bits per heavy atom. The van der Waals surface area contributed by atoms with Crippen molar-refractivity contribution in [2.24, 2.45) is 0 Å². The SMILES string of the molecule is CC(C)N([b-]1ccc(CCc2cc[b-](N(C(C)C)C(C)C)cc2)cc1)C(C)C.[Cl][Zr+2][Cl]. The molecule has 31 heavy (non-hydrogen) atoms. The van der Waals surface area contributed by atoms with Crippen LogP contribution in [0.15, 0.2) is 48.1 Å². The zero-order valence-corrected chi connectivity index (χ0v) is 24.6. The second-order valence-electron chi connectivity index (χ2n) is 9.41. The van der Waals surface area contributed by atoms with Crippen LogP contribution in [0.25, 0.3) is 0 Å². The second-order valence-corrected chi connectivity index (χ2v) is 13.1. The van der Waals surface area contributed by atoms with Crippen LogP contribution in [0.3, 0.4) is 0 Å². The van der Waals surface area contributed by atoms with Crippen LogP contribution >= 0.6 is 17.0 Å². The fourth-order valence-electron chi connectivity index (χ4n) is 4.72. The van der Waals surface area contributed by atoms with Gasteiger partial charge in [-0.2, -0.15) is 0 Å². The molecule has 2 rings (SSSR count). The Bertz CT molecular complexity index is 659. The monoisotopic (exact) mass is 538 g/mol. The minimum absolute atomic E-state index is 0.421. The molecule has 2 aromatic rings. The molecule has 0 aromatic carbocycles. The topological polar surface area (TPSA) is 6.48 Å². The third kappa shape index (κ3) is 9.73. The van der Waals surface area contributed by atoms with Gasteiger partial charge in [-0.1, -0.05) is 11.1 Å². The molecule has 2 nitrogen and oxygen atoms in total. The predicted molar refractivity (Wildman–Crippen MR) is 141 cm³/mol. The molecule has 2 heterocycles. The molecule has 0 spiro atoms. The fraction of sp³-hybridized carbons (Fsp3) is 0.583. The van der Waals surface area contributed by atoms with E-state index < -0.39 is 20.8 Å². The molecular formula is C24H40B2Cl2N2Zr. The number of aryl methyl sites for hydroxylation is 2. The van der Waals surface area contributed by atoms with Crippen LogP contribution in [0.5, 0.6) is 0 Å². The number of rotatable bonds is 9. The van der Waals surface area contributed by atoms with E-state index in [0.717, 1.165) is 12.8 Å². The molecule has 0 unspecified atom stereocenters. The van der Waals surface area contributed by atoms with Crippen LogP contribution in [-0.4, -0.2) is 37.1 Å². The maximum absolute atomic E-state index is 4.93. The van der Waals surface area contributed by atoms with E-state index in [2.05, 4.69) is 113 Å². The summed E-state index contributed by atoms with van der Waals surface area (Å²) in [6, 6.07) is 11.6. The number of hydrogen-bond acceptors (Lipinski definition) is 2. The molecule has 0 amide bonds. The van der Waals surface area contributed by atoms with Crippen LogP contribution < -0.4 is 9.62 Å². The molecule has 0 N–H and O–H groups in total. The summed E-state index contributed by atoms with van der Waals surface area (Å²) in [5.41, 5.74) is 2.87. The van der Waals surface area contributed by atoms with Crippen molar-refractivity contribution in [3.05, 3.63) is 59.2 Å². The summed E-state index contributed by atoms with van der Waals surface area (Å²) in [4.78, 5) is 5.11. The Morgan fingerprint density at radius 2 is 0.839 bits per heavy atom. The molecule has 0 fully saturated rings. The summed E-state index contributed by atoms with van der Waals surface area (Å²) in [6.07, 6.45) is 2.21. The second kappa shape index (κ2) is 14.9. The normalized spacial score (nSPS) is 10.9. The molecule has 0 aliphatic heterocycles. The number of nitrogens with zero attached hydrogens (tertiary/aromatic N) is 2. The molecule has 0 saturated carbocycles. The van der Waals surface area contributed by atoms with Gasteiger partial charge in [0, 0.05) is 0 Å². The van der Waals surface area contributed by atoms with E-state index in [0.29, 0.717) is 37.1 Å². The summed E-state index contributed by atoms with van der Waals surface area (Å²) in [5, 5.41) is 0. The van der Waals surface area contributed by atoms with Gasteiger partial charge < -0.3 is 9.62 Å². The minimum atomic E-state index is -0.826. The van der Waals surface area contributed by atoms with E-state index in [1.165, 1.54) is 11.1 Å². The Kier molecular flexibility index (Phi) is 13.9. The van der Waals surface area contributed by atoms with Crippen molar-refractivity contribution < 1.29 is 20.8 Å². The Morgan fingerprint density at radius 1 is 0.613 bits per heavy atom. The van der Waals surface area contributed by atoms with Gasteiger partial charge in [0.1, 0.15) is 0 Å². The van der Waals surface area contributed by atoms with Crippen molar-refractivity contribution in [1.29, 1.82) is 0 Å². The quantitative estimate of drug-likeness (QED) is 0.363. The first-order valence-corrected chi connectivity index (χ1v) is 17.9. The molecule has 2 aromatic heterocycles. The summed E-state index contributed by atoms with van der Waals surface area (Å²) >= 11 is -0.826. The molecule has 0 saturated heterocycles. The first-order chi connectivity index (χ1) is 14.6. The zero-order chi connectivity index (χ0) is 23.6. The molecule has 0 aliphatic rings. The van der Waals surface area contributed by atoms with Crippen LogP contribution in [-0.2, 0) is 33.7 Å². The Labute approximate surface area is 210 Å². The summed E-state index contributed by atoms with van der Waals surface area (Å²) in [5.74, 6) is 9.47. The van der Waals surface area contributed by atoms with Gasteiger partial charge in [-0.25, -0.2) is 23.8 Å². The van der Waals surface area contributed by atoms with E-state index in [4.69, 9.17) is 17.0 Å². The molecule has 0 radical (unpaired) electrons. The van der Waals surface area contributed by atoms with E-state index in [1.54, 1.807) is 0 Å². The van der Waals surface area contributed by atoms with Crippen molar-refractivity contribution in [1.82, 2.24) is 0 Å². The van der Waals surface area contributed by atoms with Crippen molar-refractivity contribution in [2.45, 2.75) is 92.4 Å². The average molecular weight is 540 g/mol. The van der Waals surface area contributed by atoms with E-state index >= 15 is 0 Å². The van der Waals surface area contributed by atoms with Crippen molar-refractivity contribution in [3.63, 3.8) is 0 Å². The maximum atomic E-state index is 4.93. The van der Waals surface area contributed by atoms with Crippen molar-refractivity contribution >= 4 is 30.0 Å². The molecule has 0 bridgehead atoms. The molecule has 170 valence electrons. The van der Waals surface area contributed by atoms with Gasteiger partial charge in [-0.3, -0.25) is 0 Å². The third-order valence-corrected chi connectivity index (χ3v) is 5.81. The van der Waals surface area contributed by atoms with Gasteiger partial charge in [0.15, 0.2) is 0 Å². The zero-order valence-electron chi connectivity index (χ0n) is 20.6. The van der Waals surface area contributed by atoms with E-state index in [-0.39, 0.29) is 0 Å². The number of hydrogen-bond donors (Lipinski definition) is 0.